The van der Waals surface area contributed by atoms with Crippen LogP contribution < -0.4 is 21.7 Å². The van der Waals surface area contributed by atoms with Crippen molar-refractivity contribution < 1.29 is 9.21 Å². The van der Waals surface area contributed by atoms with Gasteiger partial charge in [-0.1, -0.05) is 30.3 Å². The molecule has 0 bridgehead atoms. The maximum absolute atomic E-state index is 12.3. The number of amides is 1. The van der Waals surface area contributed by atoms with Crippen LogP contribution in [0.25, 0.3) is 22.2 Å². The number of aromatic nitrogens is 1. The second kappa shape index (κ2) is 8.53. The Kier molecular flexibility index (Phi) is 5.65. The van der Waals surface area contributed by atoms with Crippen molar-refractivity contribution in [2.75, 3.05) is 19.6 Å². The van der Waals surface area contributed by atoms with Crippen LogP contribution >= 0.6 is 0 Å². The van der Waals surface area contributed by atoms with E-state index in [0.29, 0.717) is 18.5 Å². The summed E-state index contributed by atoms with van der Waals surface area (Å²) in [7, 11) is 1.68. The molecule has 8 heteroatoms. The predicted molar refractivity (Wildman–Crippen MR) is 113 cm³/mol. The molecule has 0 spiro atoms. The van der Waals surface area contributed by atoms with Crippen LogP contribution in [0.4, 0.5) is 0 Å². The Morgan fingerprint density at radius 2 is 2.03 bits per heavy atom. The molecule has 4 rings (SSSR count). The van der Waals surface area contributed by atoms with Gasteiger partial charge in [0.15, 0.2) is 5.58 Å². The van der Waals surface area contributed by atoms with E-state index >= 15 is 0 Å². The quantitative estimate of drug-likeness (QED) is 0.582. The number of oxazole rings is 1. The number of hydrogen-bond acceptors (Lipinski definition) is 6. The molecule has 3 N–H and O–H groups in total. The number of benzene rings is 2. The smallest absolute Gasteiger partial charge is 0.408 e. The third-order valence-corrected chi connectivity index (χ3v) is 5.35. The number of nitrogens with zero attached hydrogens (tertiary/aromatic N) is 2. The molecule has 2 unspecified atom stereocenters. The molecule has 2 atom stereocenters. The van der Waals surface area contributed by atoms with Gasteiger partial charge in [-0.05, 0) is 28.8 Å². The molecule has 3 aromatic rings. The fourth-order valence-electron chi connectivity index (χ4n) is 3.62. The van der Waals surface area contributed by atoms with Crippen molar-refractivity contribution in [3.8, 4) is 17.2 Å². The van der Waals surface area contributed by atoms with Gasteiger partial charge in [0.25, 0.3) is 0 Å². The Bertz CT molecular complexity index is 1150. The second-order valence-electron chi connectivity index (χ2n) is 7.41. The van der Waals surface area contributed by atoms with Gasteiger partial charge in [0, 0.05) is 33.1 Å². The third-order valence-electron chi connectivity index (χ3n) is 5.35. The van der Waals surface area contributed by atoms with Crippen molar-refractivity contribution in [2.24, 2.45) is 7.05 Å². The van der Waals surface area contributed by atoms with Crippen LogP contribution in [0.3, 0.4) is 0 Å². The van der Waals surface area contributed by atoms with Gasteiger partial charge in [0.05, 0.1) is 17.6 Å². The van der Waals surface area contributed by atoms with Gasteiger partial charge in [0.1, 0.15) is 6.04 Å². The average molecular weight is 405 g/mol. The van der Waals surface area contributed by atoms with Gasteiger partial charge >= 0.3 is 5.76 Å². The molecular weight excluding hydrogens is 382 g/mol. The Labute approximate surface area is 173 Å². The lowest BCUT2D eigenvalue weighted by Crippen LogP contribution is -2.57. The normalized spacial score (nSPS) is 17.4. The van der Waals surface area contributed by atoms with E-state index in [0.717, 1.165) is 35.3 Å². The third kappa shape index (κ3) is 4.13. The Balaban J connectivity index is 1.45. The van der Waals surface area contributed by atoms with Crippen molar-refractivity contribution in [3.63, 3.8) is 0 Å². The molecule has 2 heterocycles. The highest BCUT2D eigenvalue weighted by molar-refractivity contribution is 5.83. The lowest BCUT2D eigenvalue weighted by Gasteiger charge is -2.24. The molecule has 30 heavy (non-hydrogen) atoms. The molecule has 1 saturated heterocycles. The van der Waals surface area contributed by atoms with E-state index in [9.17, 15) is 14.9 Å². The highest BCUT2D eigenvalue weighted by Gasteiger charge is 2.22. The Morgan fingerprint density at radius 1 is 1.27 bits per heavy atom. The van der Waals surface area contributed by atoms with E-state index in [1.165, 1.54) is 4.57 Å². The standard InChI is InChI=1S/C22H23N5O3/c1-27-19-11-16(6-7-20(19)30-22(27)29)15-4-2-14(3-5-15)10-17(12-23)26-21(28)18-13-24-8-9-25-18/h2-7,11,17-18,24-25H,8-10,13H2,1H3,(H,26,28). The number of hydrogen-bond donors (Lipinski definition) is 3. The summed E-state index contributed by atoms with van der Waals surface area (Å²) >= 11 is 0. The van der Waals surface area contributed by atoms with Crippen molar-refractivity contribution in [2.45, 2.75) is 18.5 Å². The summed E-state index contributed by atoms with van der Waals surface area (Å²) in [5, 5.41) is 18.6. The highest BCUT2D eigenvalue weighted by atomic mass is 16.4. The topological polar surface area (TPSA) is 112 Å². The minimum atomic E-state index is -0.594. The zero-order chi connectivity index (χ0) is 21.1. The summed E-state index contributed by atoms with van der Waals surface area (Å²) in [6.07, 6.45) is 0.429. The summed E-state index contributed by atoms with van der Waals surface area (Å²) in [6.45, 7) is 2.13. The molecule has 0 saturated carbocycles. The molecule has 154 valence electrons. The molecule has 1 aliphatic rings. The zero-order valence-corrected chi connectivity index (χ0v) is 16.6. The first-order chi connectivity index (χ1) is 14.5. The molecule has 1 amide bonds. The van der Waals surface area contributed by atoms with Crippen LogP contribution in [0.5, 0.6) is 0 Å². The number of carbonyl (C=O) groups is 1. The summed E-state index contributed by atoms with van der Waals surface area (Å²) in [5.41, 5.74) is 4.20. The van der Waals surface area contributed by atoms with E-state index in [1.54, 1.807) is 13.1 Å². The SMILES string of the molecule is Cn1c(=O)oc2ccc(-c3ccc(CC(C#N)NC(=O)C4CNCCN4)cc3)cc21. The molecule has 2 aromatic carbocycles. The van der Waals surface area contributed by atoms with Gasteiger partial charge in [-0.3, -0.25) is 9.36 Å². The maximum Gasteiger partial charge on any atom is 0.419 e. The van der Waals surface area contributed by atoms with Crippen LogP contribution in [0.15, 0.2) is 51.7 Å². The lowest BCUT2D eigenvalue weighted by molar-refractivity contribution is -0.123. The van der Waals surface area contributed by atoms with Crippen molar-refractivity contribution in [3.05, 3.63) is 58.6 Å². The largest absolute Gasteiger partial charge is 0.419 e. The lowest BCUT2D eigenvalue weighted by atomic mass is 10.0. The molecule has 0 radical (unpaired) electrons. The molecular formula is C22H23N5O3. The summed E-state index contributed by atoms with van der Waals surface area (Å²) in [6, 6.07) is 14.7. The van der Waals surface area contributed by atoms with E-state index in [4.69, 9.17) is 4.42 Å². The second-order valence-corrected chi connectivity index (χ2v) is 7.41. The number of piperazine rings is 1. The molecule has 1 aromatic heterocycles. The van der Waals surface area contributed by atoms with E-state index < -0.39 is 6.04 Å². The Morgan fingerprint density at radius 3 is 2.73 bits per heavy atom. The number of nitrogens with one attached hydrogen (secondary N) is 3. The van der Waals surface area contributed by atoms with Gasteiger partial charge in [-0.2, -0.15) is 5.26 Å². The van der Waals surface area contributed by atoms with Crippen LogP contribution in [-0.4, -0.2) is 42.2 Å². The van der Waals surface area contributed by atoms with E-state index in [2.05, 4.69) is 22.0 Å². The zero-order valence-electron chi connectivity index (χ0n) is 16.6. The summed E-state index contributed by atoms with van der Waals surface area (Å²) in [4.78, 5) is 24.0. The number of nitriles is 1. The molecule has 1 fully saturated rings. The van der Waals surface area contributed by atoms with Gasteiger partial charge < -0.3 is 20.4 Å². The fourth-order valence-corrected chi connectivity index (χ4v) is 3.62. The van der Waals surface area contributed by atoms with E-state index in [-0.39, 0.29) is 17.7 Å². The van der Waals surface area contributed by atoms with Crippen LogP contribution in [0.2, 0.25) is 0 Å². The molecule has 8 nitrogen and oxygen atoms in total. The molecule has 0 aliphatic carbocycles. The monoisotopic (exact) mass is 405 g/mol. The number of rotatable bonds is 5. The van der Waals surface area contributed by atoms with Gasteiger partial charge in [0.2, 0.25) is 5.91 Å². The first-order valence-electron chi connectivity index (χ1n) is 9.88. The minimum Gasteiger partial charge on any atom is -0.408 e. The van der Waals surface area contributed by atoms with Gasteiger partial charge in [-0.15, -0.1) is 0 Å². The number of fused-ring (bicyclic) bond motifs is 1. The van der Waals surface area contributed by atoms with Crippen LogP contribution in [-0.2, 0) is 18.3 Å². The van der Waals surface area contributed by atoms with Crippen molar-refractivity contribution in [1.29, 1.82) is 5.26 Å². The van der Waals surface area contributed by atoms with Crippen molar-refractivity contribution in [1.82, 2.24) is 20.5 Å². The first kappa shape index (κ1) is 19.9. The first-order valence-corrected chi connectivity index (χ1v) is 9.88. The maximum atomic E-state index is 12.3. The van der Waals surface area contributed by atoms with Crippen LogP contribution in [0.1, 0.15) is 5.56 Å². The minimum absolute atomic E-state index is 0.163. The number of carbonyl (C=O) groups excluding carboxylic acids is 1. The van der Waals surface area contributed by atoms with E-state index in [1.807, 2.05) is 36.4 Å². The summed E-state index contributed by atoms with van der Waals surface area (Å²) < 4.78 is 6.65. The fraction of sp³-hybridized carbons (Fsp3) is 0.318. The highest BCUT2D eigenvalue weighted by Crippen LogP contribution is 2.24. The average Bonchev–Trinajstić information content (AvgIpc) is 3.07. The van der Waals surface area contributed by atoms with Gasteiger partial charge in [-0.25, -0.2) is 4.79 Å². The van der Waals surface area contributed by atoms with Crippen molar-refractivity contribution >= 4 is 17.0 Å². The van der Waals surface area contributed by atoms with Crippen LogP contribution in [0, 0.1) is 11.3 Å². The summed E-state index contributed by atoms with van der Waals surface area (Å²) in [5.74, 6) is -0.550. The Hall–Kier alpha value is -3.41. The number of aryl methyl sites for hydroxylation is 1. The predicted octanol–water partition coefficient (Wildman–Crippen LogP) is 0.911. The molecule has 1 aliphatic heterocycles.